The van der Waals surface area contributed by atoms with E-state index in [1.165, 1.54) is 10.5 Å². The molecular formula is C31H48F2N2O6S. The van der Waals surface area contributed by atoms with Crippen molar-refractivity contribution in [3.8, 4) is 0 Å². The van der Waals surface area contributed by atoms with Gasteiger partial charge in [0.25, 0.3) is 5.92 Å². The van der Waals surface area contributed by atoms with Crippen molar-refractivity contribution in [1.29, 1.82) is 0 Å². The SMILES string of the molecule is CCOC(=O)CC1(N[S@@](=O)C(C)(C)C)C(COC2CCC(c3ccccc3)CC2)N(C(=O)OC(C)(C)C)CCC1(F)F. The summed E-state index contributed by atoms with van der Waals surface area (Å²) in [5, 5.41) is 0. The van der Waals surface area contributed by atoms with Crippen LogP contribution in [0.2, 0.25) is 0 Å². The van der Waals surface area contributed by atoms with Gasteiger partial charge in [0.2, 0.25) is 0 Å². The molecule has 1 N–H and O–H groups in total. The van der Waals surface area contributed by atoms with Crippen molar-refractivity contribution < 1.29 is 36.8 Å². The second-order valence-electron chi connectivity index (χ2n) is 13.3. The van der Waals surface area contributed by atoms with Crippen molar-refractivity contribution >= 4 is 23.0 Å². The number of ether oxygens (including phenoxy) is 3. The van der Waals surface area contributed by atoms with Crippen molar-refractivity contribution in [2.45, 2.75) is 127 Å². The van der Waals surface area contributed by atoms with E-state index in [1.54, 1.807) is 48.5 Å². The number of carbonyl (C=O) groups excluding carboxylic acids is 2. The summed E-state index contributed by atoms with van der Waals surface area (Å²) in [5.41, 5.74) is -2.04. The predicted octanol–water partition coefficient (Wildman–Crippen LogP) is 6.12. The minimum Gasteiger partial charge on any atom is -0.466 e. The Morgan fingerprint density at radius 1 is 1.05 bits per heavy atom. The lowest BCUT2D eigenvalue weighted by Crippen LogP contribution is -2.76. The minimum atomic E-state index is -3.53. The number of rotatable bonds is 9. The number of hydrogen-bond donors (Lipinski definition) is 1. The molecule has 238 valence electrons. The van der Waals surface area contributed by atoms with E-state index in [4.69, 9.17) is 14.2 Å². The lowest BCUT2D eigenvalue weighted by molar-refractivity contribution is -0.180. The van der Waals surface area contributed by atoms with Gasteiger partial charge in [-0.05, 0) is 85.6 Å². The molecule has 1 heterocycles. The lowest BCUT2D eigenvalue weighted by atomic mass is 9.76. The zero-order valence-electron chi connectivity index (χ0n) is 26.0. The molecule has 2 fully saturated rings. The third-order valence-corrected chi connectivity index (χ3v) is 9.55. The molecule has 0 spiro atoms. The summed E-state index contributed by atoms with van der Waals surface area (Å²) in [6, 6.07) is 8.88. The van der Waals surface area contributed by atoms with Crippen LogP contribution in [0.25, 0.3) is 0 Å². The highest BCUT2D eigenvalue weighted by Crippen LogP contribution is 2.45. The molecule has 1 aliphatic heterocycles. The number of nitrogens with one attached hydrogen (secondary N) is 1. The summed E-state index contributed by atoms with van der Waals surface area (Å²) in [4.78, 5) is 27.6. The maximum atomic E-state index is 16.3. The molecule has 0 radical (unpaired) electrons. The van der Waals surface area contributed by atoms with Crippen LogP contribution in [-0.2, 0) is 30.0 Å². The van der Waals surface area contributed by atoms with Crippen LogP contribution in [0, 0.1) is 0 Å². The number of amides is 1. The Morgan fingerprint density at radius 2 is 1.67 bits per heavy atom. The van der Waals surface area contributed by atoms with Gasteiger partial charge in [0.15, 0.2) is 0 Å². The van der Waals surface area contributed by atoms with Gasteiger partial charge in [-0.1, -0.05) is 30.3 Å². The molecule has 0 bridgehead atoms. The highest BCUT2D eigenvalue weighted by Gasteiger charge is 2.65. The van der Waals surface area contributed by atoms with Crippen LogP contribution in [0.3, 0.4) is 0 Å². The van der Waals surface area contributed by atoms with Gasteiger partial charge < -0.3 is 19.1 Å². The van der Waals surface area contributed by atoms with Crippen LogP contribution in [0.1, 0.15) is 98.5 Å². The summed E-state index contributed by atoms with van der Waals surface area (Å²) in [5.74, 6) is -4.02. The van der Waals surface area contributed by atoms with E-state index in [2.05, 4.69) is 16.9 Å². The molecule has 3 rings (SSSR count). The molecule has 42 heavy (non-hydrogen) atoms. The summed E-state index contributed by atoms with van der Waals surface area (Å²) in [6.07, 6.45) is 0.646. The molecular weight excluding hydrogens is 566 g/mol. The van der Waals surface area contributed by atoms with Gasteiger partial charge in [-0.25, -0.2) is 22.5 Å². The average Bonchev–Trinajstić information content (AvgIpc) is 2.88. The third-order valence-electron chi connectivity index (χ3n) is 7.89. The van der Waals surface area contributed by atoms with Crippen LogP contribution in [-0.4, -0.2) is 74.9 Å². The molecule has 8 nitrogen and oxygen atoms in total. The quantitative estimate of drug-likeness (QED) is 0.337. The number of carbonyl (C=O) groups is 2. The predicted molar refractivity (Wildman–Crippen MR) is 159 cm³/mol. The number of nitrogens with zero attached hydrogens (tertiary/aromatic N) is 1. The van der Waals surface area contributed by atoms with Gasteiger partial charge in [0.05, 0.1) is 47.5 Å². The van der Waals surface area contributed by atoms with Gasteiger partial charge in [-0.3, -0.25) is 4.79 Å². The Balaban J connectivity index is 1.96. The van der Waals surface area contributed by atoms with Gasteiger partial charge in [0, 0.05) is 13.0 Å². The fourth-order valence-electron chi connectivity index (χ4n) is 5.62. The monoisotopic (exact) mass is 614 g/mol. The van der Waals surface area contributed by atoms with E-state index in [0.717, 1.165) is 25.7 Å². The van der Waals surface area contributed by atoms with Crippen molar-refractivity contribution in [1.82, 2.24) is 9.62 Å². The zero-order valence-corrected chi connectivity index (χ0v) is 26.9. The van der Waals surface area contributed by atoms with Crippen LogP contribution in [0.5, 0.6) is 0 Å². The Bertz CT molecular complexity index is 1080. The number of benzene rings is 1. The lowest BCUT2D eigenvalue weighted by Gasteiger charge is -2.53. The molecule has 1 saturated carbocycles. The molecule has 2 aliphatic rings. The fraction of sp³-hybridized carbons (Fsp3) is 0.742. The Morgan fingerprint density at radius 3 is 2.21 bits per heavy atom. The van der Waals surface area contributed by atoms with Crippen LogP contribution < -0.4 is 4.72 Å². The number of likely N-dealkylation sites (tertiary alicyclic amines) is 1. The zero-order chi connectivity index (χ0) is 31.3. The van der Waals surface area contributed by atoms with E-state index in [-0.39, 0.29) is 25.9 Å². The molecule has 1 aromatic rings. The first-order valence-corrected chi connectivity index (χ1v) is 16.0. The standard InChI is InChI=1S/C31H48F2N2O6S/c1-8-39-26(36)20-30(34-42(38)29(5,6)7)25(35(19-18-31(30,32)33)27(37)41-28(2,3)4)21-40-24-16-14-23(15-17-24)22-12-10-9-11-13-22/h9-13,23-25,34H,8,14-21H2,1-7H3/t23?,24?,25?,30?,42-/m0/s1. The van der Waals surface area contributed by atoms with E-state index in [9.17, 15) is 13.8 Å². The molecule has 1 amide bonds. The van der Waals surface area contributed by atoms with Gasteiger partial charge in [-0.15, -0.1) is 0 Å². The van der Waals surface area contributed by atoms with Gasteiger partial charge in [0.1, 0.15) is 11.1 Å². The Kier molecular flexibility index (Phi) is 11.2. The van der Waals surface area contributed by atoms with Crippen molar-refractivity contribution in [2.24, 2.45) is 0 Å². The molecule has 1 aromatic carbocycles. The smallest absolute Gasteiger partial charge is 0.410 e. The van der Waals surface area contributed by atoms with E-state index in [1.807, 2.05) is 18.2 Å². The van der Waals surface area contributed by atoms with Crippen molar-refractivity contribution in [3.63, 3.8) is 0 Å². The Labute approximate surface area is 251 Å². The van der Waals surface area contributed by atoms with Crippen molar-refractivity contribution in [2.75, 3.05) is 19.8 Å². The van der Waals surface area contributed by atoms with E-state index >= 15 is 8.78 Å². The number of piperidine rings is 1. The van der Waals surface area contributed by atoms with E-state index in [0.29, 0.717) is 5.92 Å². The summed E-state index contributed by atoms with van der Waals surface area (Å²) in [7, 11) is -2.02. The fourth-order valence-corrected chi connectivity index (χ4v) is 6.61. The van der Waals surface area contributed by atoms with E-state index < -0.39 is 63.7 Å². The molecule has 2 unspecified atom stereocenters. The first-order valence-electron chi connectivity index (χ1n) is 14.9. The molecule has 0 aromatic heterocycles. The number of halogens is 2. The molecule has 1 saturated heterocycles. The highest BCUT2D eigenvalue weighted by atomic mass is 32.2. The maximum absolute atomic E-state index is 16.3. The van der Waals surface area contributed by atoms with Crippen molar-refractivity contribution in [3.05, 3.63) is 35.9 Å². The maximum Gasteiger partial charge on any atom is 0.410 e. The summed E-state index contributed by atoms with van der Waals surface area (Å²) < 4.78 is 64.7. The second kappa shape index (κ2) is 13.7. The molecule has 3 atom stereocenters. The first-order chi connectivity index (χ1) is 19.5. The Hall–Kier alpha value is -2.11. The molecule has 11 heteroatoms. The summed E-state index contributed by atoms with van der Waals surface area (Å²) >= 11 is 0. The van der Waals surface area contributed by atoms with Gasteiger partial charge >= 0.3 is 12.1 Å². The average molecular weight is 615 g/mol. The largest absolute Gasteiger partial charge is 0.466 e. The normalized spacial score (nSPS) is 27.3. The summed E-state index contributed by atoms with van der Waals surface area (Å²) in [6.45, 7) is 11.0. The number of esters is 1. The highest BCUT2D eigenvalue weighted by molar-refractivity contribution is 7.84. The van der Waals surface area contributed by atoms with Crippen LogP contribution in [0.15, 0.2) is 30.3 Å². The van der Waals surface area contributed by atoms with Crippen LogP contribution in [0.4, 0.5) is 13.6 Å². The molecule has 1 aliphatic carbocycles. The topological polar surface area (TPSA) is 94.2 Å². The number of alkyl halides is 2. The van der Waals surface area contributed by atoms with Gasteiger partial charge in [-0.2, -0.15) is 0 Å². The first kappa shape index (κ1) is 34.4. The third kappa shape index (κ3) is 8.50. The minimum absolute atomic E-state index is 0.00948. The number of hydrogen-bond acceptors (Lipinski definition) is 6. The second-order valence-corrected chi connectivity index (χ2v) is 15.3. The van der Waals surface area contributed by atoms with Crippen LogP contribution >= 0.6 is 0 Å².